The Bertz CT molecular complexity index is 1120. The Balaban J connectivity index is 2.10. The number of carbonyl (C=O) groups is 1. The predicted molar refractivity (Wildman–Crippen MR) is 106 cm³/mol. The van der Waals surface area contributed by atoms with Gasteiger partial charge in [0.05, 0.1) is 5.69 Å². The second-order valence-corrected chi connectivity index (χ2v) is 6.62. The molecule has 0 aliphatic heterocycles. The number of nitrogens with zero attached hydrogens (tertiary/aromatic N) is 1. The van der Waals surface area contributed by atoms with Crippen LogP contribution in [-0.2, 0) is 4.79 Å². The van der Waals surface area contributed by atoms with Crippen molar-refractivity contribution in [2.24, 2.45) is 0 Å². The van der Waals surface area contributed by atoms with E-state index in [1.165, 1.54) is 31.3 Å². The van der Waals surface area contributed by atoms with E-state index in [9.17, 15) is 23.1 Å². The number of carboxylic acids is 1. The number of rotatable bonds is 6. The largest absolute Gasteiger partial charge is 0.505 e. The Morgan fingerprint density at radius 3 is 2.47 bits per heavy atom. The summed E-state index contributed by atoms with van der Waals surface area (Å²) in [5.74, 6) is -4.48. The molecule has 0 saturated carbocycles. The number of aliphatic carboxylic acids is 1. The molecule has 0 atom stereocenters. The molecule has 0 saturated heterocycles. The van der Waals surface area contributed by atoms with Crippen molar-refractivity contribution in [1.82, 2.24) is 0 Å². The molecular weight excluding hydrogens is 399 g/mol. The van der Waals surface area contributed by atoms with E-state index in [-0.39, 0.29) is 11.4 Å². The zero-order valence-electron chi connectivity index (χ0n) is 16.1. The molecule has 0 spiro atoms. The lowest BCUT2D eigenvalue weighted by molar-refractivity contribution is -0.139. The highest BCUT2D eigenvalue weighted by molar-refractivity contribution is 5.78. The maximum absolute atomic E-state index is 14.9. The first-order valence-electron chi connectivity index (χ1n) is 8.85. The van der Waals surface area contributed by atoms with E-state index in [0.29, 0.717) is 16.7 Å². The molecule has 0 heterocycles. The van der Waals surface area contributed by atoms with Crippen molar-refractivity contribution < 1.29 is 32.9 Å². The topological polar surface area (TPSA) is 70.0 Å². The number of anilines is 2. The van der Waals surface area contributed by atoms with Crippen molar-refractivity contribution in [3.05, 3.63) is 71.5 Å². The first-order valence-corrected chi connectivity index (χ1v) is 8.85. The lowest BCUT2D eigenvalue weighted by Gasteiger charge is -2.24. The molecule has 0 amide bonds. The second-order valence-electron chi connectivity index (χ2n) is 6.62. The van der Waals surface area contributed by atoms with Gasteiger partial charge in [-0.2, -0.15) is 0 Å². The van der Waals surface area contributed by atoms with Crippen LogP contribution in [0.1, 0.15) is 5.56 Å². The molecule has 3 aromatic rings. The fraction of sp³-hybridized carbons (Fsp3) is 0.136. The van der Waals surface area contributed by atoms with Crippen molar-refractivity contribution in [3.8, 4) is 22.6 Å². The van der Waals surface area contributed by atoms with E-state index < -0.39 is 41.5 Å². The van der Waals surface area contributed by atoms with E-state index >= 15 is 0 Å². The van der Waals surface area contributed by atoms with Gasteiger partial charge in [-0.25, -0.2) is 18.0 Å². The van der Waals surface area contributed by atoms with Crippen molar-refractivity contribution in [2.75, 3.05) is 18.6 Å². The maximum Gasteiger partial charge on any atom is 0.341 e. The van der Waals surface area contributed by atoms with Crippen LogP contribution in [0.5, 0.6) is 11.5 Å². The number of halogens is 3. The molecule has 8 heteroatoms. The summed E-state index contributed by atoms with van der Waals surface area (Å²) in [6.07, 6.45) is 0. The molecule has 30 heavy (non-hydrogen) atoms. The average Bonchev–Trinajstić information content (AvgIpc) is 2.69. The molecule has 0 unspecified atom stereocenters. The zero-order valence-corrected chi connectivity index (χ0v) is 16.1. The first kappa shape index (κ1) is 21.0. The van der Waals surface area contributed by atoms with Gasteiger partial charge in [0.1, 0.15) is 23.1 Å². The van der Waals surface area contributed by atoms with Crippen LogP contribution in [0.15, 0.2) is 48.5 Å². The molecule has 2 N–H and O–H groups in total. The SMILES string of the molecule is Cc1cc(-c2cccc(F)c2)cc(N(C)c2c(F)ccc(OCC(=O)O)c2F)c1O. The van der Waals surface area contributed by atoms with Gasteiger partial charge in [-0.15, -0.1) is 0 Å². The molecule has 3 aromatic carbocycles. The van der Waals surface area contributed by atoms with Gasteiger partial charge in [0.15, 0.2) is 18.2 Å². The minimum absolute atomic E-state index is 0.0717. The molecule has 3 rings (SSSR count). The van der Waals surface area contributed by atoms with Crippen LogP contribution in [0.25, 0.3) is 11.1 Å². The smallest absolute Gasteiger partial charge is 0.341 e. The van der Waals surface area contributed by atoms with Crippen molar-refractivity contribution in [3.63, 3.8) is 0 Å². The van der Waals surface area contributed by atoms with Gasteiger partial charge in [0.2, 0.25) is 0 Å². The third-order valence-electron chi connectivity index (χ3n) is 4.52. The highest BCUT2D eigenvalue weighted by Gasteiger charge is 2.23. The van der Waals surface area contributed by atoms with Gasteiger partial charge in [-0.05, 0) is 60.0 Å². The van der Waals surface area contributed by atoms with E-state index in [1.54, 1.807) is 19.1 Å². The van der Waals surface area contributed by atoms with E-state index in [1.807, 2.05) is 0 Å². The summed E-state index contributed by atoms with van der Waals surface area (Å²) in [6, 6.07) is 10.8. The van der Waals surface area contributed by atoms with Crippen LogP contribution in [-0.4, -0.2) is 29.8 Å². The van der Waals surface area contributed by atoms with Gasteiger partial charge in [0, 0.05) is 7.05 Å². The summed E-state index contributed by atoms with van der Waals surface area (Å²) in [5, 5.41) is 19.2. The molecule has 0 aliphatic rings. The highest BCUT2D eigenvalue weighted by Crippen LogP contribution is 2.41. The number of hydrogen-bond acceptors (Lipinski definition) is 4. The van der Waals surface area contributed by atoms with Crippen LogP contribution in [0.2, 0.25) is 0 Å². The number of carboxylic acid groups (broad SMARTS) is 1. The van der Waals surface area contributed by atoms with E-state index in [2.05, 4.69) is 0 Å². The Hall–Kier alpha value is -3.68. The molecule has 0 aliphatic carbocycles. The van der Waals surface area contributed by atoms with Crippen LogP contribution in [0, 0.1) is 24.4 Å². The summed E-state index contributed by atoms with van der Waals surface area (Å²) in [4.78, 5) is 11.8. The highest BCUT2D eigenvalue weighted by atomic mass is 19.1. The molecular formula is C22H18F3NO4. The van der Waals surface area contributed by atoms with Gasteiger partial charge in [0.25, 0.3) is 0 Å². The Labute approximate surface area is 170 Å². The molecule has 0 fully saturated rings. The van der Waals surface area contributed by atoms with Crippen LogP contribution >= 0.6 is 0 Å². The summed E-state index contributed by atoms with van der Waals surface area (Å²) < 4.78 is 47.9. The third-order valence-corrected chi connectivity index (χ3v) is 4.52. The average molecular weight is 417 g/mol. The third kappa shape index (κ3) is 4.17. The number of phenolic OH excluding ortho intramolecular Hbond substituents is 1. The van der Waals surface area contributed by atoms with Gasteiger partial charge < -0.3 is 19.8 Å². The number of aromatic hydroxyl groups is 1. The molecule has 0 aromatic heterocycles. The number of aryl methyl sites for hydroxylation is 1. The van der Waals surface area contributed by atoms with Gasteiger partial charge in [-0.1, -0.05) is 12.1 Å². The number of hydrogen-bond donors (Lipinski definition) is 2. The molecule has 5 nitrogen and oxygen atoms in total. The lowest BCUT2D eigenvalue weighted by atomic mass is 10.0. The minimum atomic E-state index is -1.32. The second kappa shape index (κ2) is 8.36. The number of benzene rings is 3. The Morgan fingerprint density at radius 2 is 1.80 bits per heavy atom. The minimum Gasteiger partial charge on any atom is -0.505 e. The molecule has 0 bridgehead atoms. The monoisotopic (exact) mass is 417 g/mol. The fourth-order valence-corrected chi connectivity index (χ4v) is 3.05. The quantitative estimate of drug-likeness (QED) is 0.590. The van der Waals surface area contributed by atoms with Gasteiger partial charge in [-0.3, -0.25) is 0 Å². The van der Waals surface area contributed by atoms with Crippen LogP contribution in [0.3, 0.4) is 0 Å². The molecule has 0 radical (unpaired) electrons. The first-order chi connectivity index (χ1) is 14.2. The molecule has 156 valence electrons. The Morgan fingerprint density at radius 1 is 1.07 bits per heavy atom. The maximum atomic E-state index is 14.9. The van der Waals surface area contributed by atoms with Crippen LogP contribution < -0.4 is 9.64 Å². The van der Waals surface area contributed by atoms with E-state index in [4.69, 9.17) is 9.84 Å². The Kier molecular flexibility index (Phi) is 5.86. The summed E-state index contributed by atoms with van der Waals surface area (Å²) in [5.41, 5.74) is 1.00. The summed E-state index contributed by atoms with van der Waals surface area (Å²) in [6.45, 7) is 0.805. The van der Waals surface area contributed by atoms with Crippen molar-refractivity contribution in [1.29, 1.82) is 0 Å². The normalized spacial score (nSPS) is 10.7. The van der Waals surface area contributed by atoms with Gasteiger partial charge >= 0.3 is 5.97 Å². The van der Waals surface area contributed by atoms with Crippen LogP contribution in [0.4, 0.5) is 24.5 Å². The summed E-state index contributed by atoms with van der Waals surface area (Å²) >= 11 is 0. The zero-order chi connectivity index (χ0) is 22.0. The number of phenols is 1. The fourth-order valence-electron chi connectivity index (χ4n) is 3.05. The standard InChI is InChI=1S/C22H18F3NO4/c1-12-8-14(13-4-3-5-15(23)9-13)10-17(22(12)29)26(2)21-16(24)6-7-18(20(21)25)30-11-19(27)28/h3-10,29H,11H2,1-2H3,(H,27,28). The summed E-state index contributed by atoms with van der Waals surface area (Å²) in [7, 11) is 1.34. The van der Waals surface area contributed by atoms with Crippen molar-refractivity contribution in [2.45, 2.75) is 6.92 Å². The van der Waals surface area contributed by atoms with Crippen molar-refractivity contribution >= 4 is 17.3 Å². The lowest BCUT2D eigenvalue weighted by Crippen LogP contribution is -2.16. The number of ether oxygens (including phenoxy) is 1. The predicted octanol–water partition coefficient (Wildman–Crippen LogP) is 5.02. The van der Waals surface area contributed by atoms with E-state index in [0.717, 1.165) is 17.0 Å².